The summed E-state index contributed by atoms with van der Waals surface area (Å²) in [4.78, 5) is 21.8. The summed E-state index contributed by atoms with van der Waals surface area (Å²) in [6, 6.07) is 25.1. The Kier molecular flexibility index (Phi) is 8.83. The molecule has 1 aromatic heterocycles. The molecular weight excluding hydrogens is 548 g/mol. The molecule has 1 aliphatic heterocycles. The minimum absolute atomic E-state index is 0.0746. The third-order valence-electron chi connectivity index (χ3n) is 7.66. The van der Waals surface area contributed by atoms with Crippen LogP contribution in [-0.2, 0) is 16.6 Å². The van der Waals surface area contributed by atoms with Gasteiger partial charge in [-0.25, -0.2) is 8.42 Å². The van der Waals surface area contributed by atoms with Crippen LogP contribution in [0.5, 0.6) is 0 Å². The van der Waals surface area contributed by atoms with E-state index >= 15 is 0 Å². The Bertz CT molecular complexity index is 1700. The lowest BCUT2D eigenvalue weighted by molar-refractivity contribution is 0.0761. The minimum Gasteiger partial charge on any atom is -0.337 e. The molecule has 4 aromatic rings. The van der Waals surface area contributed by atoms with Gasteiger partial charge in [-0.1, -0.05) is 42.5 Å². The van der Waals surface area contributed by atoms with Gasteiger partial charge >= 0.3 is 0 Å². The first-order chi connectivity index (χ1) is 20.2. The van der Waals surface area contributed by atoms with Crippen LogP contribution in [0.4, 0.5) is 5.69 Å². The van der Waals surface area contributed by atoms with Crippen molar-refractivity contribution in [3.8, 4) is 6.07 Å². The van der Waals surface area contributed by atoms with Crippen molar-refractivity contribution < 1.29 is 13.2 Å². The van der Waals surface area contributed by atoms with Gasteiger partial charge in [-0.3, -0.25) is 19.4 Å². The Balaban J connectivity index is 1.18. The summed E-state index contributed by atoms with van der Waals surface area (Å²) in [5.41, 5.74) is 9.56. The van der Waals surface area contributed by atoms with Crippen LogP contribution in [0, 0.1) is 17.2 Å². The van der Waals surface area contributed by atoms with Crippen LogP contribution in [0.15, 0.2) is 90.0 Å². The Morgan fingerprint density at radius 2 is 1.74 bits per heavy atom. The van der Waals surface area contributed by atoms with E-state index in [2.05, 4.69) is 32.8 Å². The molecule has 0 radical (unpaired) electrons. The molecule has 216 valence electrons. The van der Waals surface area contributed by atoms with E-state index in [1.54, 1.807) is 42.6 Å². The number of hydrogen-bond donors (Lipinski definition) is 2. The predicted molar refractivity (Wildman–Crippen MR) is 163 cm³/mol. The van der Waals surface area contributed by atoms with E-state index < -0.39 is 10.0 Å². The molecule has 1 amide bonds. The van der Waals surface area contributed by atoms with Crippen molar-refractivity contribution in [3.63, 3.8) is 0 Å². The number of carbonyl (C=O) groups is 1. The van der Waals surface area contributed by atoms with E-state index in [0.717, 1.165) is 42.6 Å². The van der Waals surface area contributed by atoms with Gasteiger partial charge in [0.05, 0.1) is 17.5 Å². The summed E-state index contributed by atoms with van der Waals surface area (Å²) in [7, 11) is -3.87. The van der Waals surface area contributed by atoms with Gasteiger partial charge < -0.3 is 10.6 Å². The van der Waals surface area contributed by atoms with Gasteiger partial charge in [0.2, 0.25) is 0 Å². The van der Waals surface area contributed by atoms with E-state index in [-0.39, 0.29) is 22.8 Å². The van der Waals surface area contributed by atoms with Crippen molar-refractivity contribution in [1.29, 1.82) is 5.26 Å². The number of carbonyl (C=O) groups excluding carboxylic acids is 1. The van der Waals surface area contributed by atoms with Gasteiger partial charge in [0.25, 0.3) is 15.9 Å². The third kappa shape index (κ3) is 6.60. The molecule has 0 saturated carbocycles. The maximum atomic E-state index is 13.3. The monoisotopic (exact) mass is 582 g/mol. The van der Waals surface area contributed by atoms with Crippen molar-refractivity contribution in [1.82, 2.24) is 14.8 Å². The number of para-hydroxylation sites is 1. The normalized spacial score (nSPS) is 15.9. The van der Waals surface area contributed by atoms with Gasteiger partial charge in [0.15, 0.2) is 0 Å². The highest BCUT2D eigenvalue weighted by Crippen LogP contribution is 2.24. The third-order valence-corrected chi connectivity index (χ3v) is 9.07. The van der Waals surface area contributed by atoms with Gasteiger partial charge in [-0.2, -0.15) is 5.26 Å². The fourth-order valence-electron chi connectivity index (χ4n) is 5.17. The maximum Gasteiger partial charge on any atom is 0.264 e. The molecule has 2 unspecified atom stereocenters. The molecule has 1 aliphatic rings. The number of rotatable bonds is 8. The van der Waals surface area contributed by atoms with Crippen molar-refractivity contribution in [2.75, 3.05) is 30.9 Å². The number of nitrogens with zero attached hydrogens (tertiary/aromatic N) is 4. The van der Waals surface area contributed by atoms with Gasteiger partial charge in [-0.15, -0.1) is 0 Å². The summed E-state index contributed by atoms with van der Waals surface area (Å²) in [6.45, 7) is 5.47. The summed E-state index contributed by atoms with van der Waals surface area (Å²) < 4.78 is 28.8. The van der Waals surface area contributed by atoms with E-state index in [1.807, 2.05) is 36.1 Å². The molecule has 0 bridgehead atoms. The zero-order chi connectivity index (χ0) is 29.7. The van der Waals surface area contributed by atoms with Crippen LogP contribution in [0.3, 0.4) is 0 Å². The molecule has 1 fully saturated rings. The number of benzene rings is 3. The molecule has 0 aliphatic carbocycles. The standard InChI is InChI=1S/C32H34N6O3S/c1-23(21-33)30(34)25-10-8-24(9-11-25)22-37-17-4-18-38(20-19-37)32(39)27-12-14-28(15-13-27)36-42(40,41)29-7-2-5-26-6-3-16-35-31(26)29/h2-3,5-16,23,30,36H,4,17-20,22,34H2,1H3. The predicted octanol–water partition coefficient (Wildman–Crippen LogP) is 4.54. The summed E-state index contributed by atoms with van der Waals surface area (Å²) in [5, 5.41) is 9.86. The average molecular weight is 583 g/mol. The first kappa shape index (κ1) is 29.2. The first-order valence-electron chi connectivity index (χ1n) is 14.0. The SMILES string of the molecule is CC(C#N)C(N)c1ccc(CN2CCCN(C(=O)c3ccc(NS(=O)(=O)c4cccc5cccnc45)cc3)CC2)cc1. The Hall–Kier alpha value is -4.30. The van der Waals surface area contributed by atoms with Crippen molar-refractivity contribution in [2.45, 2.75) is 30.8 Å². The van der Waals surface area contributed by atoms with E-state index in [9.17, 15) is 13.2 Å². The number of sulfonamides is 1. The smallest absolute Gasteiger partial charge is 0.264 e. The topological polar surface area (TPSA) is 132 Å². The van der Waals surface area contributed by atoms with Crippen LogP contribution in [0.1, 0.15) is 40.9 Å². The molecular formula is C32H34N6O3S. The number of aromatic nitrogens is 1. The summed E-state index contributed by atoms with van der Waals surface area (Å²) >= 11 is 0. The number of nitriles is 1. The molecule has 0 spiro atoms. The zero-order valence-electron chi connectivity index (χ0n) is 23.5. The minimum atomic E-state index is -3.87. The van der Waals surface area contributed by atoms with Crippen LogP contribution in [0.25, 0.3) is 10.9 Å². The molecule has 3 N–H and O–H groups in total. The van der Waals surface area contributed by atoms with Crippen molar-refractivity contribution in [2.24, 2.45) is 11.7 Å². The number of amides is 1. The number of hydrogen-bond acceptors (Lipinski definition) is 7. The number of nitrogens with two attached hydrogens (primary N) is 1. The first-order valence-corrected chi connectivity index (χ1v) is 15.5. The fraction of sp³-hybridized carbons (Fsp3) is 0.281. The lowest BCUT2D eigenvalue weighted by Crippen LogP contribution is -2.35. The molecule has 42 heavy (non-hydrogen) atoms. The van der Waals surface area contributed by atoms with E-state index in [0.29, 0.717) is 29.9 Å². The van der Waals surface area contributed by atoms with Crippen LogP contribution < -0.4 is 10.5 Å². The summed E-state index contributed by atoms with van der Waals surface area (Å²) in [6.07, 6.45) is 2.42. The lowest BCUT2D eigenvalue weighted by atomic mass is 9.96. The van der Waals surface area contributed by atoms with Crippen LogP contribution >= 0.6 is 0 Å². The second-order valence-corrected chi connectivity index (χ2v) is 12.3. The van der Waals surface area contributed by atoms with Gasteiger partial charge in [-0.05, 0) is 60.9 Å². The number of fused-ring (bicyclic) bond motifs is 1. The number of pyridine rings is 1. The van der Waals surface area contributed by atoms with Crippen LogP contribution in [-0.4, -0.2) is 55.3 Å². The molecule has 9 nitrogen and oxygen atoms in total. The van der Waals surface area contributed by atoms with E-state index in [4.69, 9.17) is 11.0 Å². The fourth-order valence-corrected chi connectivity index (χ4v) is 6.41. The second kappa shape index (κ2) is 12.7. The average Bonchev–Trinajstić information content (AvgIpc) is 3.25. The zero-order valence-corrected chi connectivity index (χ0v) is 24.3. The molecule has 2 heterocycles. The molecule has 10 heteroatoms. The number of nitrogens with one attached hydrogen (secondary N) is 1. The maximum absolute atomic E-state index is 13.3. The Labute approximate surface area is 246 Å². The van der Waals surface area contributed by atoms with Crippen molar-refractivity contribution >= 4 is 32.5 Å². The largest absolute Gasteiger partial charge is 0.337 e. The second-order valence-electron chi connectivity index (χ2n) is 10.6. The quantitative estimate of drug-likeness (QED) is 0.312. The molecule has 1 saturated heterocycles. The summed E-state index contributed by atoms with van der Waals surface area (Å²) in [5.74, 6) is -0.326. The highest BCUT2D eigenvalue weighted by Gasteiger charge is 2.22. The highest BCUT2D eigenvalue weighted by molar-refractivity contribution is 7.93. The van der Waals surface area contributed by atoms with Gasteiger partial charge in [0, 0.05) is 61.6 Å². The molecule has 3 aromatic carbocycles. The lowest BCUT2D eigenvalue weighted by Gasteiger charge is -2.22. The Morgan fingerprint density at radius 3 is 2.48 bits per heavy atom. The van der Waals surface area contributed by atoms with Crippen molar-refractivity contribution in [3.05, 3.63) is 102 Å². The van der Waals surface area contributed by atoms with Gasteiger partial charge in [0.1, 0.15) is 4.90 Å². The van der Waals surface area contributed by atoms with E-state index in [1.165, 1.54) is 6.07 Å². The van der Waals surface area contributed by atoms with Crippen LogP contribution in [0.2, 0.25) is 0 Å². The molecule has 2 atom stereocenters. The Morgan fingerprint density at radius 1 is 1.00 bits per heavy atom. The highest BCUT2D eigenvalue weighted by atomic mass is 32.2. The number of anilines is 1. The molecule has 5 rings (SSSR count).